The van der Waals surface area contributed by atoms with Crippen molar-refractivity contribution in [3.8, 4) is 0 Å². The molecule has 0 spiro atoms. The third kappa shape index (κ3) is 1.40. The van der Waals surface area contributed by atoms with Crippen LogP contribution in [0.25, 0.3) is 0 Å². The third-order valence-electron chi connectivity index (χ3n) is 2.71. The molecule has 0 heterocycles. The molecule has 0 aromatic carbocycles. The quantitative estimate of drug-likeness (QED) is 0.515. The summed E-state index contributed by atoms with van der Waals surface area (Å²) in [7, 11) is 0. The highest BCUT2D eigenvalue weighted by molar-refractivity contribution is 6.25. The van der Waals surface area contributed by atoms with Crippen molar-refractivity contribution in [1.29, 1.82) is 0 Å². The van der Waals surface area contributed by atoms with Gasteiger partial charge in [0.15, 0.2) is 0 Å². The summed E-state index contributed by atoms with van der Waals surface area (Å²) in [6.07, 6.45) is 12.6. The molecule has 2 atom stereocenters. The molecule has 2 aliphatic rings. The van der Waals surface area contributed by atoms with Gasteiger partial charge in [0.05, 0.1) is 4.87 Å². The van der Waals surface area contributed by atoms with Crippen molar-refractivity contribution >= 4 is 11.6 Å². The third-order valence-corrected chi connectivity index (χ3v) is 3.06. The molecule has 0 aromatic heterocycles. The maximum atomic E-state index is 6.44. The Hall–Kier alpha value is -0.750. The van der Waals surface area contributed by atoms with E-state index < -0.39 is 0 Å². The molecule has 0 aliphatic heterocycles. The van der Waals surface area contributed by atoms with Gasteiger partial charge in [-0.15, -0.1) is 11.6 Å². The smallest absolute Gasteiger partial charge is 0.0706 e. The molecule has 13 heavy (non-hydrogen) atoms. The van der Waals surface area contributed by atoms with E-state index in [0.717, 1.165) is 0 Å². The molecule has 0 nitrogen and oxygen atoms in total. The van der Waals surface area contributed by atoms with E-state index in [9.17, 15) is 0 Å². The molecule has 2 rings (SSSR count). The summed E-state index contributed by atoms with van der Waals surface area (Å²) in [5.74, 6) is 0.351. The maximum absolute atomic E-state index is 6.44. The molecular formula is C12H13Cl. The fraction of sp³-hybridized carbons (Fsp3) is 0.333. The van der Waals surface area contributed by atoms with E-state index in [-0.39, 0.29) is 4.87 Å². The second kappa shape index (κ2) is 2.88. The lowest BCUT2D eigenvalue weighted by atomic mass is 9.76. The van der Waals surface area contributed by atoms with Crippen LogP contribution >= 0.6 is 11.6 Å². The topological polar surface area (TPSA) is 0 Å². The molecule has 0 fully saturated rings. The Morgan fingerprint density at radius 1 is 1.31 bits per heavy atom. The van der Waals surface area contributed by atoms with E-state index in [0.29, 0.717) is 5.92 Å². The van der Waals surface area contributed by atoms with E-state index in [1.165, 1.54) is 11.1 Å². The summed E-state index contributed by atoms with van der Waals surface area (Å²) in [5.41, 5.74) is 2.66. The van der Waals surface area contributed by atoms with Gasteiger partial charge < -0.3 is 0 Å². The second-order valence-corrected chi connectivity index (χ2v) is 4.69. The summed E-state index contributed by atoms with van der Waals surface area (Å²) < 4.78 is 0. The van der Waals surface area contributed by atoms with Crippen LogP contribution in [0.4, 0.5) is 0 Å². The van der Waals surface area contributed by atoms with Crippen molar-refractivity contribution in [3.63, 3.8) is 0 Å². The first kappa shape index (κ1) is 8.83. The van der Waals surface area contributed by atoms with E-state index in [2.05, 4.69) is 44.2 Å². The summed E-state index contributed by atoms with van der Waals surface area (Å²) in [6.45, 7) is 4.21. The lowest BCUT2D eigenvalue weighted by Crippen LogP contribution is -2.31. The van der Waals surface area contributed by atoms with E-state index >= 15 is 0 Å². The predicted octanol–water partition coefficient (Wildman–Crippen LogP) is 3.61. The molecule has 1 heteroatoms. The Kier molecular flexibility index (Phi) is 1.96. The molecule has 0 aromatic rings. The Balaban J connectivity index is 2.48. The lowest BCUT2D eigenvalue weighted by Gasteiger charge is -2.35. The lowest BCUT2D eigenvalue weighted by molar-refractivity contribution is 0.590. The van der Waals surface area contributed by atoms with Crippen LogP contribution < -0.4 is 0 Å². The number of hydrogen-bond acceptors (Lipinski definition) is 0. The highest BCUT2D eigenvalue weighted by Gasteiger charge is 2.35. The second-order valence-electron chi connectivity index (χ2n) is 3.88. The van der Waals surface area contributed by atoms with Gasteiger partial charge in [-0.3, -0.25) is 0 Å². The van der Waals surface area contributed by atoms with Crippen LogP contribution in [0.3, 0.4) is 0 Å². The van der Waals surface area contributed by atoms with Crippen molar-refractivity contribution < 1.29 is 0 Å². The van der Waals surface area contributed by atoms with E-state index in [1.807, 2.05) is 6.08 Å². The highest BCUT2D eigenvalue weighted by atomic mass is 35.5. The first-order valence-electron chi connectivity index (χ1n) is 4.54. The Morgan fingerprint density at radius 3 is 2.77 bits per heavy atom. The van der Waals surface area contributed by atoms with Gasteiger partial charge >= 0.3 is 0 Å². The van der Waals surface area contributed by atoms with Gasteiger partial charge in [0.25, 0.3) is 0 Å². The first-order valence-corrected chi connectivity index (χ1v) is 4.92. The van der Waals surface area contributed by atoms with Gasteiger partial charge in [0.1, 0.15) is 0 Å². The van der Waals surface area contributed by atoms with Gasteiger partial charge in [0.2, 0.25) is 0 Å². The van der Waals surface area contributed by atoms with Crippen LogP contribution in [0.5, 0.6) is 0 Å². The van der Waals surface area contributed by atoms with Crippen molar-refractivity contribution in [3.05, 3.63) is 47.6 Å². The van der Waals surface area contributed by atoms with Crippen molar-refractivity contribution in [2.24, 2.45) is 5.92 Å². The summed E-state index contributed by atoms with van der Waals surface area (Å²) in [6, 6.07) is 0. The molecule has 2 unspecified atom stereocenters. The molecule has 68 valence electrons. The maximum Gasteiger partial charge on any atom is 0.0706 e. The van der Waals surface area contributed by atoms with Crippen LogP contribution in [-0.2, 0) is 0 Å². The summed E-state index contributed by atoms with van der Waals surface area (Å²) >= 11 is 6.44. The number of fused-ring (bicyclic) bond motifs is 1. The summed E-state index contributed by atoms with van der Waals surface area (Å²) in [5, 5.41) is 0. The molecule has 0 bridgehead atoms. The minimum absolute atomic E-state index is 0.255. The number of allylic oxidation sites excluding steroid dienone is 8. The largest absolute Gasteiger partial charge is 0.114 e. The van der Waals surface area contributed by atoms with Gasteiger partial charge in [-0.05, 0) is 19.4 Å². The van der Waals surface area contributed by atoms with Crippen LogP contribution in [0.2, 0.25) is 0 Å². The Labute approximate surface area is 84.3 Å². The Morgan fingerprint density at radius 2 is 2.08 bits per heavy atom. The van der Waals surface area contributed by atoms with Gasteiger partial charge in [-0.25, -0.2) is 0 Å². The normalized spacial score (nSPS) is 36.7. The molecule has 0 N–H and O–H groups in total. The number of halogens is 1. The first-order chi connectivity index (χ1) is 6.11. The van der Waals surface area contributed by atoms with E-state index in [1.54, 1.807) is 0 Å². The highest BCUT2D eigenvalue weighted by Crippen LogP contribution is 2.41. The van der Waals surface area contributed by atoms with Crippen molar-refractivity contribution in [2.45, 2.75) is 18.7 Å². The fourth-order valence-electron chi connectivity index (χ4n) is 2.13. The van der Waals surface area contributed by atoms with Gasteiger partial charge in [-0.1, -0.05) is 42.0 Å². The monoisotopic (exact) mass is 192 g/mol. The number of rotatable bonds is 0. The van der Waals surface area contributed by atoms with Gasteiger partial charge in [-0.2, -0.15) is 0 Å². The average molecular weight is 193 g/mol. The fourth-order valence-corrected chi connectivity index (χ4v) is 2.50. The standard InChI is InChI=1S/C12H13Cl/c1-9-5-3-6-10-7-4-8-12(2,13)11(9)10/h3-8,11H,1-2H3. The molecule has 0 amide bonds. The molecular weight excluding hydrogens is 180 g/mol. The molecule has 0 radical (unpaired) electrons. The predicted molar refractivity (Wildman–Crippen MR) is 57.9 cm³/mol. The summed E-state index contributed by atoms with van der Waals surface area (Å²) in [4.78, 5) is -0.255. The molecule has 2 aliphatic carbocycles. The Bertz CT molecular complexity index is 340. The molecule has 0 saturated heterocycles. The SMILES string of the molecule is CC1=CC=CC2=CC=CC(C)(Cl)C12. The minimum atomic E-state index is -0.255. The molecule has 0 saturated carbocycles. The van der Waals surface area contributed by atoms with Crippen molar-refractivity contribution in [2.75, 3.05) is 0 Å². The van der Waals surface area contributed by atoms with Crippen molar-refractivity contribution in [1.82, 2.24) is 0 Å². The van der Waals surface area contributed by atoms with E-state index in [4.69, 9.17) is 11.6 Å². The number of alkyl halides is 1. The zero-order chi connectivity index (χ0) is 9.47. The zero-order valence-electron chi connectivity index (χ0n) is 7.92. The minimum Gasteiger partial charge on any atom is -0.114 e. The van der Waals surface area contributed by atoms with Crippen LogP contribution in [-0.4, -0.2) is 4.87 Å². The van der Waals surface area contributed by atoms with Crippen LogP contribution in [0.1, 0.15) is 13.8 Å². The van der Waals surface area contributed by atoms with Crippen LogP contribution in [0, 0.1) is 5.92 Å². The number of hydrogen-bond donors (Lipinski definition) is 0. The van der Waals surface area contributed by atoms with Crippen LogP contribution in [0.15, 0.2) is 47.6 Å². The zero-order valence-corrected chi connectivity index (χ0v) is 8.68. The van der Waals surface area contributed by atoms with Gasteiger partial charge in [0, 0.05) is 5.92 Å². The average Bonchev–Trinajstić information content (AvgIpc) is 2.02.